The molecule has 0 aliphatic rings. The summed E-state index contributed by atoms with van der Waals surface area (Å²) in [6.07, 6.45) is 3.94. The molecular formula is C18H16F2N4O2. The van der Waals surface area contributed by atoms with E-state index in [9.17, 15) is 13.6 Å². The first kappa shape index (κ1) is 17.5. The third-order valence-corrected chi connectivity index (χ3v) is 3.59. The minimum absolute atomic E-state index is 0.0972. The lowest BCUT2D eigenvalue weighted by atomic mass is 10.1. The molecule has 0 unspecified atom stereocenters. The van der Waals surface area contributed by atoms with Gasteiger partial charge in [0.1, 0.15) is 5.75 Å². The van der Waals surface area contributed by atoms with Crippen LogP contribution >= 0.6 is 0 Å². The van der Waals surface area contributed by atoms with Crippen molar-refractivity contribution >= 4 is 11.6 Å². The van der Waals surface area contributed by atoms with Crippen molar-refractivity contribution in [1.29, 1.82) is 0 Å². The van der Waals surface area contributed by atoms with Gasteiger partial charge in [0.25, 0.3) is 0 Å². The predicted molar refractivity (Wildman–Crippen MR) is 91.4 cm³/mol. The Morgan fingerprint density at radius 1 is 1.04 bits per heavy atom. The number of hydrogen-bond donors (Lipinski definition) is 1. The molecule has 0 aliphatic carbocycles. The second-order valence-electron chi connectivity index (χ2n) is 5.44. The molecule has 1 aromatic heterocycles. The molecule has 134 valence electrons. The molecular weight excluding hydrogens is 342 g/mol. The van der Waals surface area contributed by atoms with Crippen LogP contribution in [0.2, 0.25) is 0 Å². The average molecular weight is 358 g/mol. The number of halogens is 2. The molecule has 0 saturated heterocycles. The molecule has 0 aliphatic heterocycles. The third kappa shape index (κ3) is 4.85. The van der Waals surface area contributed by atoms with Crippen LogP contribution in [0.1, 0.15) is 12.0 Å². The summed E-state index contributed by atoms with van der Waals surface area (Å²) < 4.78 is 28.5. The van der Waals surface area contributed by atoms with Crippen molar-refractivity contribution in [3.63, 3.8) is 0 Å². The van der Waals surface area contributed by atoms with Crippen LogP contribution in [0.25, 0.3) is 5.69 Å². The molecule has 26 heavy (non-hydrogen) atoms. The lowest BCUT2D eigenvalue weighted by molar-refractivity contribution is -0.116. The highest BCUT2D eigenvalue weighted by atomic mass is 19.3. The molecule has 8 heteroatoms. The van der Waals surface area contributed by atoms with Gasteiger partial charge in [-0.05, 0) is 48.4 Å². The first-order chi connectivity index (χ1) is 12.6. The maximum absolute atomic E-state index is 12.1. The van der Waals surface area contributed by atoms with E-state index in [1.807, 2.05) is 0 Å². The molecule has 0 atom stereocenters. The summed E-state index contributed by atoms with van der Waals surface area (Å²) >= 11 is 0. The fourth-order valence-corrected chi connectivity index (χ4v) is 2.35. The molecule has 2 aromatic carbocycles. The van der Waals surface area contributed by atoms with Crippen molar-refractivity contribution in [2.24, 2.45) is 0 Å². The van der Waals surface area contributed by atoms with Gasteiger partial charge in [-0.3, -0.25) is 4.79 Å². The Kier molecular flexibility index (Phi) is 5.52. The van der Waals surface area contributed by atoms with Gasteiger partial charge in [0.2, 0.25) is 5.91 Å². The standard InChI is InChI=1S/C18H16F2N4O2/c19-18(20)26-16-8-1-13(2-9-16)3-10-17(25)23-14-4-6-15(7-5-14)24-21-11-12-22-24/h1-2,4-9,11-12,18H,3,10H2,(H,23,25). The van der Waals surface area contributed by atoms with Crippen molar-refractivity contribution in [1.82, 2.24) is 15.0 Å². The first-order valence-electron chi connectivity index (χ1n) is 7.90. The molecule has 0 spiro atoms. The van der Waals surface area contributed by atoms with E-state index in [2.05, 4.69) is 20.3 Å². The number of alkyl halides is 2. The fraction of sp³-hybridized carbons (Fsp3) is 0.167. The Labute approximate surface area is 148 Å². The highest BCUT2D eigenvalue weighted by Crippen LogP contribution is 2.16. The SMILES string of the molecule is O=C(CCc1ccc(OC(F)F)cc1)Nc1ccc(-n2nccn2)cc1. The largest absolute Gasteiger partial charge is 0.435 e. The van der Waals surface area contributed by atoms with Gasteiger partial charge in [-0.15, -0.1) is 0 Å². The molecule has 0 bridgehead atoms. The maximum atomic E-state index is 12.1. The smallest absolute Gasteiger partial charge is 0.387 e. The van der Waals surface area contributed by atoms with Gasteiger partial charge in [0, 0.05) is 12.1 Å². The van der Waals surface area contributed by atoms with Crippen molar-refractivity contribution < 1.29 is 18.3 Å². The number of anilines is 1. The van der Waals surface area contributed by atoms with Crippen LogP contribution in [-0.4, -0.2) is 27.5 Å². The maximum Gasteiger partial charge on any atom is 0.387 e. The third-order valence-electron chi connectivity index (χ3n) is 3.59. The van der Waals surface area contributed by atoms with Crippen molar-refractivity contribution in [3.8, 4) is 11.4 Å². The number of benzene rings is 2. The fourth-order valence-electron chi connectivity index (χ4n) is 2.35. The molecule has 0 saturated carbocycles. The van der Waals surface area contributed by atoms with Gasteiger partial charge in [-0.25, -0.2) is 0 Å². The molecule has 0 radical (unpaired) electrons. The average Bonchev–Trinajstić information content (AvgIpc) is 3.16. The Bertz CT molecular complexity index is 835. The second-order valence-corrected chi connectivity index (χ2v) is 5.44. The quantitative estimate of drug-likeness (QED) is 0.702. The molecule has 1 N–H and O–H groups in total. The van der Waals surface area contributed by atoms with Gasteiger partial charge in [0.15, 0.2) is 0 Å². The number of carbonyl (C=O) groups is 1. The predicted octanol–water partition coefficient (Wildman–Crippen LogP) is 3.44. The van der Waals surface area contributed by atoms with Crippen LogP contribution in [0, 0.1) is 0 Å². The zero-order valence-corrected chi connectivity index (χ0v) is 13.7. The summed E-state index contributed by atoms with van der Waals surface area (Å²) in [5.74, 6) is -0.0390. The van der Waals surface area contributed by atoms with E-state index < -0.39 is 6.61 Å². The first-order valence-corrected chi connectivity index (χ1v) is 7.90. The van der Waals surface area contributed by atoms with Gasteiger partial charge in [-0.1, -0.05) is 12.1 Å². The van der Waals surface area contributed by atoms with E-state index in [1.54, 1.807) is 48.8 Å². The Morgan fingerprint density at radius 2 is 1.69 bits per heavy atom. The number of carbonyl (C=O) groups excluding carboxylic acids is 1. The minimum atomic E-state index is -2.85. The van der Waals surface area contributed by atoms with E-state index in [1.165, 1.54) is 16.9 Å². The zero-order chi connectivity index (χ0) is 18.4. The van der Waals surface area contributed by atoms with Gasteiger partial charge in [-0.2, -0.15) is 23.8 Å². The van der Waals surface area contributed by atoms with E-state index in [0.717, 1.165) is 11.3 Å². The van der Waals surface area contributed by atoms with Crippen molar-refractivity contribution in [3.05, 3.63) is 66.5 Å². The number of ether oxygens (including phenoxy) is 1. The highest BCUT2D eigenvalue weighted by Gasteiger charge is 2.06. The lowest BCUT2D eigenvalue weighted by Gasteiger charge is -2.07. The van der Waals surface area contributed by atoms with Crippen LogP contribution < -0.4 is 10.1 Å². The molecule has 0 fully saturated rings. The summed E-state index contributed by atoms with van der Waals surface area (Å²) in [6, 6.07) is 13.4. The normalized spacial score (nSPS) is 10.7. The van der Waals surface area contributed by atoms with E-state index in [-0.39, 0.29) is 18.1 Å². The van der Waals surface area contributed by atoms with Crippen LogP contribution in [-0.2, 0) is 11.2 Å². The van der Waals surface area contributed by atoms with E-state index in [0.29, 0.717) is 12.1 Å². The summed E-state index contributed by atoms with van der Waals surface area (Å²) in [4.78, 5) is 13.5. The zero-order valence-electron chi connectivity index (χ0n) is 13.7. The summed E-state index contributed by atoms with van der Waals surface area (Å²) in [5, 5.41) is 10.9. The number of rotatable bonds is 7. The van der Waals surface area contributed by atoms with Crippen molar-refractivity contribution in [2.45, 2.75) is 19.5 Å². The topological polar surface area (TPSA) is 69.0 Å². The monoisotopic (exact) mass is 358 g/mol. The summed E-state index contributed by atoms with van der Waals surface area (Å²) in [5.41, 5.74) is 2.33. The number of nitrogens with zero attached hydrogens (tertiary/aromatic N) is 3. The lowest BCUT2D eigenvalue weighted by Crippen LogP contribution is -2.12. The summed E-state index contributed by atoms with van der Waals surface area (Å²) in [6.45, 7) is -2.85. The molecule has 3 rings (SSSR count). The second kappa shape index (κ2) is 8.19. The van der Waals surface area contributed by atoms with Crippen molar-refractivity contribution in [2.75, 3.05) is 5.32 Å². The number of nitrogens with one attached hydrogen (secondary N) is 1. The number of aryl methyl sites for hydroxylation is 1. The van der Waals surface area contributed by atoms with Gasteiger partial charge >= 0.3 is 6.61 Å². The highest BCUT2D eigenvalue weighted by molar-refractivity contribution is 5.90. The van der Waals surface area contributed by atoms with Crippen LogP contribution in [0.4, 0.5) is 14.5 Å². The minimum Gasteiger partial charge on any atom is -0.435 e. The van der Waals surface area contributed by atoms with E-state index >= 15 is 0 Å². The Balaban J connectivity index is 1.49. The van der Waals surface area contributed by atoms with Crippen LogP contribution in [0.3, 0.4) is 0 Å². The number of hydrogen-bond acceptors (Lipinski definition) is 4. The Hall–Kier alpha value is -3.29. The van der Waals surface area contributed by atoms with Gasteiger partial charge in [0.05, 0.1) is 18.1 Å². The summed E-state index contributed by atoms with van der Waals surface area (Å²) in [7, 11) is 0. The molecule has 3 aromatic rings. The molecule has 1 heterocycles. The Morgan fingerprint density at radius 3 is 2.31 bits per heavy atom. The number of amides is 1. The van der Waals surface area contributed by atoms with Crippen LogP contribution in [0.5, 0.6) is 5.75 Å². The van der Waals surface area contributed by atoms with Gasteiger partial charge < -0.3 is 10.1 Å². The molecule has 1 amide bonds. The molecule has 6 nitrogen and oxygen atoms in total. The van der Waals surface area contributed by atoms with Crippen LogP contribution in [0.15, 0.2) is 60.9 Å². The number of aromatic nitrogens is 3. The van der Waals surface area contributed by atoms with E-state index in [4.69, 9.17) is 0 Å².